The predicted octanol–water partition coefficient (Wildman–Crippen LogP) is 6.55. The zero-order valence-electron chi connectivity index (χ0n) is 17.9. The summed E-state index contributed by atoms with van der Waals surface area (Å²) < 4.78 is 81.3. The summed E-state index contributed by atoms with van der Waals surface area (Å²) in [4.78, 5) is 0.800. The zero-order chi connectivity index (χ0) is 24.1. The molecule has 178 valence electrons. The third-order valence-corrected chi connectivity index (χ3v) is 9.39. The first-order valence-corrected chi connectivity index (χ1v) is 13.0. The van der Waals surface area contributed by atoms with Crippen molar-refractivity contribution in [3.8, 4) is 11.5 Å². The Labute approximate surface area is 192 Å². The van der Waals surface area contributed by atoms with E-state index in [4.69, 9.17) is 13.1 Å². The van der Waals surface area contributed by atoms with Crippen LogP contribution < -0.4 is 9.47 Å². The molecule has 0 amide bonds. The Bertz CT molecular complexity index is 1100. The van der Waals surface area contributed by atoms with Crippen LogP contribution in [0.4, 0.5) is 13.2 Å². The first-order chi connectivity index (χ1) is 15.6. The molecule has 0 heterocycles. The van der Waals surface area contributed by atoms with E-state index >= 15 is 0 Å². The minimum absolute atomic E-state index is 0.258. The van der Waals surface area contributed by atoms with Gasteiger partial charge in [0, 0.05) is 14.7 Å². The van der Waals surface area contributed by atoms with Crippen LogP contribution in [0.5, 0.6) is 11.5 Å². The van der Waals surface area contributed by atoms with Crippen molar-refractivity contribution in [2.24, 2.45) is 0 Å². The third-order valence-electron chi connectivity index (χ3n) is 4.48. The van der Waals surface area contributed by atoms with Crippen LogP contribution in [-0.4, -0.2) is 27.1 Å². The van der Waals surface area contributed by atoms with Gasteiger partial charge in [0.25, 0.3) is 0 Å². The van der Waals surface area contributed by atoms with Crippen molar-refractivity contribution in [1.82, 2.24) is 0 Å². The lowest BCUT2D eigenvalue weighted by atomic mass is 10.3. The predicted molar refractivity (Wildman–Crippen MR) is 120 cm³/mol. The molecular formula is C23H23F3O5S2. The molecule has 0 spiro atoms. The van der Waals surface area contributed by atoms with E-state index in [0.717, 1.165) is 0 Å². The van der Waals surface area contributed by atoms with Gasteiger partial charge in [0.15, 0.2) is 0 Å². The molecule has 0 saturated carbocycles. The van der Waals surface area contributed by atoms with Gasteiger partial charge < -0.3 is 9.47 Å². The second-order valence-electron chi connectivity index (χ2n) is 6.65. The molecule has 10 heteroatoms. The molecule has 0 N–H and O–H groups in total. The molecule has 0 radical (unpaired) electrons. The smallest absolute Gasteiger partial charge is 0.494 e. The molecule has 3 aromatic rings. The minimum atomic E-state index is -5.97. The fraction of sp³-hybridized carbons (Fsp3) is 0.217. The van der Waals surface area contributed by atoms with E-state index < -0.39 is 25.9 Å². The monoisotopic (exact) mass is 500 g/mol. The number of hydrogen-bond donors (Lipinski definition) is 0. The molecule has 0 aliphatic heterocycles. The Hall–Kier alpha value is -2.69. The number of benzene rings is 3. The fourth-order valence-electron chi connectivity index (χ4n) is 3.10. The summed E-state index contributed by atoms with van der Waals surface area (Å²) in [5.41, 5.74) is -5.60. The Balaban J connectivity index is 2.31. The molecule has 5 nitrogen and oxygen atoms in total. The van der Waals surface area contributed by atoms with Crippen molar-refractivity contribution in [3.63, 3.8) is 0 Å². The van der Waals surface area contributed by atoms with E-state index in [-0.39, 0.29) is 14.7 Å². The van der Waals surface area contributed by atoms with E-state index in [1.54, 1.807) is 68.4 Å². The topological polar surface area (TPSA) is 61.8 Å². The van der Waals surface area contributed by atoms with E-state index in [9.17, 15) is 21.6 Å². The average Bonchev–Trinajstić information content (AvgIpc) is 2.79. The number of alkyl halides is 3. The van der Waals surface area contributed by atoms with Gasteiger partial charge in [-0.05, 0) is 84.8 Å². The molecule has 0 atom stereocenters. The molecule has 0 fully saturated rings. The van der Waals surface area contributed by atoms with Crippen LogP contribution in [0.15, 0.2) is 93.5 Å². The number of rotatable bonds is 9. The highest BCUT2D eigenvalue weighted by Crippen LogP contribution is 2.70. The van der Waals surface area contributed by atoms with Crippen molar-refractivity contribution in [2.45, 2.75) is 34.0 Å². The van der Waals surface area contributed by atoms with Crippen molar-refractivity contribution in [1.29, 1.82) is 0 Å². The largest absolute Gasteiger partial charge is 0.524 e. The van der Waals surface area contributed by atoms with Crippen molar-refractivity contribution in [2.75, 3.05) is 13.2 Å². The summed E-state index contributed by atoms with van der Waals surface area (Å²) in [5.74, 6) is 0.987. The van der Waals surface area contributed by atoms with Gasteiger partial charge in [0.1, 0.15) is 11.5 Å². The van der Waals surface area contributed by atoms with Crippen LogP contribution in [0.1, 0.15) is 13.8 Å². The third kappa shape index (κ3) is 5.29. The maximum absolute atomic E-state index is 13.5. The molecule has 3 aromatic carbocycles. The molecule has 0 saturated heterocycles. The van der Waals surface area contributed by atoms with Crippen molar-refractivity contribution >= 4 is 20.4 Å². The second kappa shape index (κ2) is 10.1. The second-order valence-corrected chi connectivity index (χ2v) is 11.1. The summed E-state index contributed by atoms with van der Waals surface area (Å²) in [5, 5.41) is 0. The van der Waals surface area contributed by atoms with Gasteiger partial charge in [0.05, 0.1) is 13.2 Å². The Morgan fingerprint density at radius 1 is 0.667 bits per heavy atom. The molecule has 0 aliphatic rings. The van der Waals surface area contributed by atoms with Crippen LogP contribution >= 0.6 is 10.3 Å². The molecule has 0 aliphatic carbocycles. The zero-order valence-corrected chi connectivity index (χ0v) is 19.5. The molecule has 3 rings (SSSR count). The Morgan fingerprint density at radius 2 is 1.06 bits per heavy atom. The van der Waals surface area contributed by atoms with Gasteiger partial charge in [-0.15, -0.1) is 0 Å². The van der Waals surface area contributed by atoms with Crippen LogP contribution in [0, 0.1) is 0 Å². The highest BCUT2D eigenvalue weighted by Gasteiger charge is 2.52. The Morgan fingerprint density at radius 3 is 1.42 bits per heavy atom. The summed E-state index contributed by atoms with van der Waals surface area (Å²) in [6, 6.07) is 20.4. The maximum Gasteiger partial charge on any atom is 0.524 e. The van der Waals surface area contributed by atoms with Gasteiger partial charge in [-0.1, -0.05) is 18.2 Å². The first kappa shape index (κ1) is 24.9. The highest BCUT2D eigenvalue weighted by atomic mass is 32.3. The van der Waals surface area contributed by atoms with Crippen molar-refractivity contribution in [3.05, 3.63) is 78.9 Å². The quantitative estimate of drug-likeness (QED) is 0.312. The molecule has 0 aromatic heterocycles. The van der Waals surface area contributed by atoms with Crippen molar-refractivity contribution < 1.29 is 34.7 Å². The number of halogens is 3. The van der Waals surface area contributed by atoms with Gasteiger partial charge in [0.2, 0.25) is 0 Å². The Kier molecular flexibility index (Phi) is 7.61. The van der Waals surface area contributed by atoms with Crippen LogP contribution in [0.25, 0.3) is 0 Å². The normalized spacial score (nSPS) is 12.9. The van der Waals surface area contributed by atoms with E-state index in [1.807, 2.05) is 0 Å². The lowest BCUT2D eigenvalue weighted by Crippen LogP contribution is -2.27. The molecule has 33 heavy (non-hydrogen) atoms. The number of ether oxygens (including phenoxy) is 2. The summed E-state index contributed by atoms with van der Waals surface area (Å²) in [6.07, 6.45) is 0. The highest BCUT2D eigenvalue weighted by molar-refractivity contribution is 8.33. The van der Waals surface area contributed by atoms with Gasteiger partial charge in [-0.25, -0.2) is 0 Å². The van der Waals surface area contributed by atoms with Gasteiger partial charge in [-0.3, -0.25) is 0 Å². The number of hydrogen-bond acceptors (Lipinski definition) is 5. The van der Waals surface area contributed by atoms with E-state index in [1.165, 1.54) is 24.3 Å². The fourth-order valence-corrected chi connectivity index (χ4v) is 7.82. The maximum atomic E-state index is 13.5. The van der Waals surface area contributed by atoms with Crippen LogP contribution in [0.2, 0.25) is 0 Å². The standard InChI is InChI=1S/C23H23F3O5S2/c1-3-29-18-10-14-21(15-11-18)32(20-8-6-5-7-9-20,31-33(27,28)23(24,25)26)22-16-12-19(13-17-22)30-4-2/h5-17H,3-4H2,1-2H3. The van der Waals surface area contributed by atoms with Crippen LogP contribution in [0.3, 0.4) is 0 Å². The lowest BCUT2D eigenvalue weighted by molar-refractivity contribution is -0.0496. The van der Waals surface area contributed by atoms with E-state index in [2.05, 4.69) is 0 Å². The SMILES string of the molecule is CCOc1ccc(S(OS(=O)(=O)C(F)(F)F)(c2ccccc2)c2ccc(OCC)cc2)cc1. The van der Waals surface area contributed by atoms with Gasteiger partial charge in [-0.2, -0.15) is 25.2 Å². The first-order valence-electron chi connectivity index (χ1n) is 10.0. The molecule has 0 unspecified atom stereocenters. The summed E-state index contributed by atoms with van der Waals surface area (Å²) in [6.45, 7) is 4.39. The molecule has 0 bridgehead atoms. The molecular weight excluding hydrogens is 477 g/mol. The van der Waals surface area contributed by atoms with E-state index in [0.29, 0.717) is 24.7 Å². The summed E-state index contributed by atoms with van der Waals surface area (Å²) in [7, 11) is -9.32. The summed E-state index contributed by atoms with van der Waals surface area (Å²) >= 11 is 0. The van der Waals surface area contributed by atoms with Gasteiger partial charge >= 0.3 is 15.6 Å². The van der Waals surface area contributed by atoms with Crippen LogP contribution in [-0.2, 0) is 13.7 Å². The minimum Gasteiger partial charge on any atom is -0.494 e. The lowest BCUT2D eigenvalue weighted by Gasteiger charge is -2.39. The average molecular weight is 501 g/mol.